The van der Waals surface area contributed by atoms with Gasteiger partial charge >= 0.3 is 0 Å². The van der Waals surface area contributed by atoms with Crippen molar-refractivity contribution in [2.75, 3.05) is 17.2 Å². The highest BCUT2D eigenvalue weighted by molar-refractivity contribution is 5.76. The second-order valence-electron chi connectivity index (χ2n) is 5.67. The van der Waals surface area contributed by atoms with Gasteiger partial charge in [0.2, 0.25) is 0 Å². The second kappa shape index (κ2) is 4.71. The fraction of sp³-hybridized carbons (Fsp3) is 0.600. The average Bonchev–Trinajstić information content (AvgIpc) is 2.68. The number of benzene rings is 1. The molecule has 2 aliphatic rings. The number of ether oxygens (including phenoxy) is 1. The maximum absolute atomic E-state index is 5.89. The Morgan fingerprint density at radius 3 is 3.00 bits per heavy atom. The minimum absolute atomic E-state index is 0.209. The van der Waals surface area contributed by atoms with Gasteiger partial charge in [-0.05, 0) is 44.7 Å². The van der Waals surface area contributed by atoms with Crippen molar-refractivity contribution in [3.8, 4) is 5.75 Å². The van der Waals surface area contributed by atoms with E-state index in [-0.39, 0.29) is 6.10 Å². The molecule has 18 heavy (non-hydrogen) atoms. The third kappa shape index (κ3) is 2.14. The SMILES string of the molecule is CC(C)Oc1cccc2c1NCC1CCCC1N2. The number of fused-ring (bicyclic) bond motifs is 2. The molecule has 1 fully saturated rings. The van der Waals surface area contributed by atoms with E-state index in [4.69, 9.17) is 4.74 Å². The van der Waals surface area contributed by atoms with E-state index in [1.807, 2.05) is 0 Å². The van der Waals surface area contributed by atoms with E-state index < -0.39 is 0 Å². The molecule has 98 valence electrons. The van der Waals surface area contributed by atoms with Crippen LogP contribution in [0.25, 0.3) is 0 Å². The van der Waals surface area contributed by atoms with E-state index in [9.17, 15) is 0 Å². The molecular weight excluding hydrogens is 224 g/mol. The Labute approximate surface area is 109 Å². The lowest BCUT2D eigenvalue weighted by Crippen LogP contribution is -2.25. The van der Waals surface area contributed by atoms with E-state index in [0.29, 0.717) is 6.04 Å². The van der Waals surface area contributed by atoms with Gasteiger partial charge in [-0.1, -0.05) is 12.5 Å². The van der Waals surface area contributed by atoms with Gasteiger partial charge in [-0.3, -0.25) is 0 Å². The summed E-state index contributed by atoms with van der Waals surface area (Å²) in [5.74, 6) is 1.72. The molecule has 0 amide bonds. The molecule has 1 saturated carbocycles. The van der Waals surface area contributed by atoms with Crippen molar-refractivity contribution in [3.05, 3.63) is 18.2 Å². The molecule has 0 aromatic heterocycles. The van der Waals surface area contributed by atoms with Gasteiger partial charge in [-0.25, -0.2) is 0 Å². The lowest BCUT2D eigenvalue weighted by molar-refractivity contribution is 0.244. The highest BCUT2D eigenvalue weighted by Crippen LogP contribution is 2.39. The number of nitrogens with one attached hydrogen (secondary N) is 2. The Balaban J connectivity index is 1.90. The van der Waals surface area contributed by atoms with Crippen LogP contribution in [0.1, 0.15) is 33.1 Å². The summed E-state index contributed by atoms with van der Waals surface area (Å²) >= 11 is 0. The maximum Gasteiger partial charge on any atom is 0.144 e. The van der Waals surface area contributed by atoms with Crippen LogP contribution < -0.4 is 15.4 Å². The van der Waals surface area contributed by atoms with Gasteiger partial charge in [-0.15, -0.1) is 0 Å². The van der Waals surface area contributed by atoms with Crippen molar-refractivity contribution in [2.24, 2.45) is 5.92 Å². The molecule has 1 aliphatic carbocycles. The summed E-state index contributed by atoms with van der Waals surface area (Å²) in [7, 11) is 0. The van der Waals surface area contributed by atoms with E-state index in [0.717, 1.165) is 23.9 Å². The molecule has 1 heterocycles. The van der Waals surface area contributed by atoms with Gasteiger partial charge in [-0.2, -0.15) is 0 Å². The molecule has 2 N–H and O–H groups in total. The lowest BCUT2D eigenvalue weighted by Gasteiger charge is -2.18. The average molecular weight is 246 g/mol. The molecule has 1 aromatic rings. The number of para-hydroxylation sites is 1. The normalized spacial score (nSPS) is 25.7. The van der Waals surface area contributed by atoms with Crippen molar-refractivity contribution in [3.63, 3.8) is 0 Å². The van der Waals surface area contributed by atoms with Crippen molar-refractivity contribution >= 4 is 11.4 Å². The molecule has 0 saturated heterocycles. The highest BCUT2D eigenvalue weighted by atomic mass is 16.5. The fourth-order valence-electron chi connectivity index (χ4n) is 3.09. The molecule has 1 aliphatic heterocycles. The quantitative estimate of drug-likeness (QED) is 0.838. The molecule has 2 unspecified atom stereocenters. The smallest absolute Gasteiger partial charge is 0.144 e. The fourth-order valence-corrected chi connectivity index (χ4v) is 3.09. The third-order valence-electron chi connectivity index (χ3n) is 3.93. The number of hydrogen-bond donors (Lipinski definition) is 2. The van der Waals surface area contributed by atoms with Crippen LogP contribution in [0.5, 0.6) is 5.75 Å². The van der Waals surface area contributed by atoms with E-state index in [1.54, 1.807) is 0 Å². The predicted molar refractivity (Wildman–Crippen MR) is 75.4 cm³/mol. The van der Waals surface area contributed by atoms with Crippen LogP contribution >= 0.6 is 0 Å². The van der Waals surface area contributed by atoms with Crippen molar-refractivity contribution in [1.82, 2.24) is 0 Å². The monoisotopic (exact) mass is 246 g/mol. The molecule has 3 heteroatoms. The van der Waals surface area contributed by atoms with Crippen LogP contribution in [0.15, 0.2) is 18.2 Å². The first-order valence-electron chi connectivity index (χ1n) is 7.04. The topological polar surface area (TPSA) is 33.3 Å². The summed E-state index contributed by atoms with van der Waals surface area (Å²) in [6.07, 6.45) is 4.18. The van der Waals surface area contributed by atoms with Gasteiger partial charge < -0.3 is 15.4 Å². The number of hydrogen-bond acceptors (Lipinski definition) is 3. The molecule has 1 aromatic carbocycles. The molecular formula is C15H22N2O. The van der Waals surface area contributed by atoms with Crippen molar-refractivity contribution < 1.29 is 4.74 Å². The summed E-state index contributed by atoms with van der Waals surface area (Å²) in [6, 6.07) is 6.90. The minimum atomic E-state index is 0.209. The highest BCUT2D eigenvalue weighted by Gasteiger charge is 2.30. The molecule has 0 bridgehead atoms. The van der Waals surface area contributed by atoms with Crippen molar-refractivity contribution in [1.29, 1.82) is 0 Å². The second-order valence-corrected chi connectivity index (χ2v) is 5.67. The largest absolute Gasteiger partial charge is 0.489 e. The van der Waals surface area contributed by atoms with Gasteiger partial charge in [0.05, 0.1) is 11.8 Å². The minimum Gasteiger partial charge on any atom is -0.489 e. The maximum atomic E-state index is 5.89. The summed E-state index contributed by atoms with van der Waals surface area (Å²) in [6.45, 7) is 5.19. The first-order chi connectivity index (χ1) is 8.74. The van der Waals surface area contributed by atoms with Gasteiger partial charge in [0.25, 0.3) is 0 Å². The standard InChI is InChI=1S/C15H22N2O/c1-10(2)18-14-8-4-7-13-15(14)16-9-11-5-3-6-12(11)17-13/h4,7-8,10-12,16-17H,3,5-6,9H2,1-2H3. The zero-order chi connectivity index (χ0) is 12.5. The van der Waals surface area contributed by atoms with Gasteiger partial charge in [0, 0.05) is 12.6 Å². The van der Waals surface area contributed by atoms with Crippen LogP contribution in [0, 0.1) is 5.92 Å². The summed E-state index contributed by atoms with van der Waals surface area (Å²) in [5.41, 5.74) is 2.34. The zero-order valence-corrected chi connectivity index (χ0v) is 11.2. The summed E-state index contributed by atoms with van der Waals surface area (Å²) in [4.78, 5) is 0. The molecule has 0 spiro atoms. The molecule has 3 rings (SSSR count). The first kappa shape index (κ1) is 11.7. The molecule has 2 atom stereocenters. The van der Waals surface area contributed by atoms with E-state index in [2.05, 4.69) is 42.7 Å². The molecule has 3 nitrogen and oxygen atoms in total. The molecule has 0 radical (unpaired) electrons. The summed E-state index contributed by atoms with van der Waals surface area (Å²) in [5, 5.41) is 7.28. The van der Waals surface area contributed by atoms with Crippen LogP contribution in [-0.4, -0.2) is 18.7 Å². The Bertz CT molecular complexity index is 431. The Morgan fingerprint density at radius 2 is 2.17 bits per heavy atom. The lowest BCUT2D eigenvalue weighted by atomic mass is 10.0. The third-order valence-corrected chi connectivity index (χ3v) is 3.93. The first-order valence-corrected chi connectivity index (χ1v) is 7.04. The Hall–Kier alpha value is -1.38. The van der Waals surface area contributed by atoms with Crippen molar-refractivity contribution in [2.45, 2.75) is 45.3 Å². The van der Waals surface area contributed by atoms with Crippen LogP contribution in [0.2, 0.25) is 0 Å². The zero-order valence-electron chi connectivity index (χ0n) is 11.2. The van der Waals surface area contributed by atoms with Gasteiger partial charge in [0.15, 0.2) is 0 Å². The van der Waals surface area contributed by atoms with Crippen LogP contribution in [0.4, 0.5) is 11.4 Å². The van der Waals surface area contributed by atoms with E-state index >= 15 is 0 Å². The van der Waals surface area contributed by atoms with E-state index in [1.165, 1.54) is 24.9 Å². The Kier molecular flexibility index (Phi) is 3.06. The van der Waals surface area contributed by atoms with Gasteiger partial charge in [0.1, 0.15) is 11.4 Å². The number of anilines is 2. The summed E-state index contributed by atoms with van der Waals surface area (Å²) < 4.78 is 5.89. The number of rotatable bonds is 2. The Morgan fingerprint density at radius 1 is 1.28 bits per heavy atom. The van der Waals surface area contributed by atoms with Crippen LogP contribution in [0.3, 0.4) is 0 Å². The predicted octanol–water partition coefficient (Wildman–Crippen LogP) is 3.48. The van der Waals surface area contributed by atoms with Crippen LogP contribution in [-0.2, 0) is 0 Å².